The third-order valence-electron chi connectivity index (χ3n) is 8.36. The Hall–Kier alpha value is -6.05. The number of nitrogens with two attached hydrogens (primary N) is 3. The Morgan fingerprint density at radius 3 is 2.30 bits per heavy atom. The quantitative estimate of drug-likeness (QED) is 0.0524. The van der Waals surface area contributed by atoms with Gasteiger partial charge in [-0.3, -0.25) is 19.4 Å². The number of primary amides is 1. The Labute approximate surface area is 291 Å². The molecule has 4 aromatic rings. The Bertz CT molecular complexity index is 2050. The molecule has 12 nitrogen and oxygen atoms in total. The number of hydrazine groups is 1. The molecule has 4 aromatic carbocycles. The second kappa shape index (κ2) is 14.2. The summed E-state index contributed by atoms with van der Waals surface area (Å²) in [5.41, 5.74) is 7.99. The van der Waals surface area contributed by atoms with Gasteiger partial charge in [-0.1, -0.05) is 41.9 Å². The van der Waals surface area contributed by atoms with Gasteiger partial charge in [0.15, 0.2) is 5.82 Å². The molecule has 1 heterocycles. The number of aromatic carboxylic acids is 1. The topological polar surface area (TPSA) is 197 Å². The van der Waals surface area contributed by atoms with Gasteiger partial charge in [0.05, 0.1) is 16.3 Å². The predicted molar refractivity (Wildman–Crippen MR) is 190 cm³/mol. The Morgan fingerprint density at radius 2 is 1.68 bits per heavy atom. The van der Waals surface area contributed by atoms with Crippen LogP contribution >= 0.6 is 11.6 Å². The molecule has 0 fully saturated rings. The second-order valence-corrected chi connectivity index (χ2v) is 12.5. The average molecular weight is 698 g/mol. The summed E-state index contributed by atoms with van der Waals surface area (Å²) in [5, 5.41) is 16.2. The van der Waals surface area contributed by atoms with E-state index in [4.69, 9.17) is 29.0 Å². The van der Waals surface area contributed by atoms with E-state index in [1.807, 2.05) is 6.07 Å². The van der Waals surface area contributed by atoms with Crippen LogP contribution < -0.4 is 27.7 Å². The number of carbonyl (C=O) groups is 4. The average Bonchev–Trinajstić information content (AvgIpc) is 3.07. The highest BCUT2D eigenvalue weighted by molar-refractivity contribution is 6.31. The van der Waals surface area contributed by atoms with Crippen molar-refractivity contribution in [3.8, 4) is 11.1 Å². The van der Waals surface area contributed by atoms with Crippen molar-refractivity contribution in [2.45, 2.75) is 31.8 Å². The fourth-order valence-electron chi connectivity index (χ4n) is 6.05. The first-order valence-electron chi connectivity index (χ1n) is 15.2. The highest BCUT2D eigenvalue weighted by Crippen LogP contribution is 2.43. The van der Waals surface area contributed by atoms with Gasteiger partial charge in [0, 0.05) is 28.4 Å². The van der Waals surface area contributed by atoms with E-state index in [1.165, 1.54) is 47.4 Å². The summed E-state index contributed by atoms with van der Waals surface area (Å²) in [6, 6.07) is 19.3. The van der Waals surface area contributed by atoms with Gasteiger partial charge in [0.2, 0.25) is 11.8 Å². The van der Waals surface area contributed by atoms with Gasteiger partial charge < -0.3 is 26.9 Å². The molecule has 1 atom stereocenters. The maximum absolute atomic E-state index is 15.3. The highest BCUT2D eigenvalue weighted by Gasteiger charge is 2.46. The lowest BCUT2D eigenvalue weighted by Crippen LogP contribution is -2.56. The lowest BCUT2D eigenvalue weighted by molar-refractivity contribution is -0.142. The number of rotatable bonds is 9. The van der Waals surface area contributed by atoms with Gasteiger partial charge in [-0.15, -0.1) is 0 Å². The molecule has 5 rings (SSSR count). The summed E-state index contributed by atoms with van der Waals surface area (Å²) in [7, 11) is 0. The van der Waals surface area contributed by atoms with Crippen LogP contribution in [-0.4, -0.2) is 45.6 Å². The van der Waals surface area contributed by atoms with Crippen LogP contribution in [-0.2, 0) is 16.0 Å². The largest absolute Gasteiger partial charge is 0.478 e. The lowest BCUT2D eigenvalue weighted by atomic mass is 9.77. The van der Waals surface area contributed by atoms with Crippen LogP contribution in [0.3, 0.4) is 0 Å². The first kappa shape index (κ1) is 35.3. The third-order valence-corrected chi connectivity index (χ3v) is 8.66. The van der Waals surface area contributed by atoms with Crippen LogP contribution in [0.1, 0.15) is 57.3 Å². The Kier molecular flexibility index (Phi) is 10.0. The van der Waals surface area contributed by atoms with E-state index < -0.39 is 41.1 Å². The molecular weight excluding hydrogens is 665 g/mol. The first-order chi connectivity index (χ1) is 23.7. The maximum atomic E-state index is 15.3. The van der Waals surface area contributed by atoms with Crippen molar-refractivity contribution in [2.24, 2.45) is 22.5 Å². The minimum Gasteiger partial charge on any atom is -0.478 e. The number of nitrogens with zero attached hydrogens (tertiary/aromatic N) is 3. The molecule has 0 spiro atoms. The third kappa shape index (κ3) is 7.04. The van der Waals surface area contributed by atoms with Crippen LogP contribution in [0, 0.1) is 5.82 Å². The van der Waals surface area contributed by atoms with Crippen molar-refractivity contribution in [1.29, 1.82) is 0 Å². The number of benzene rings is 4. The molecule has 0 bridgehead atoms. The summed E-state index contributed by atoms with van der Waals surface area (Å²) < 4.78 is 15.3. The van der Waals surface area contributed by atoms with Gasteiger partial charge >= 0.3 is 5.97 Å². The molecule has 256 valence electrons. The van der Waals surface area contributed by atoms with Crippen LogP contribution in [0.5, 0.6) is 0 Å². The molecule has 3 amide bonds. The molecule has 1 aliphatic heterocycles. The molecule has 0 aliphatic carbocycles. The van der Waals surface area contributed by atoms with Crippen LogP contribution in [0.25, 0.3) is 17.2 Å². The lowest BCUT2D eigenvalue weighted by Gasteiger charge is -2.48. The van der Waals surface area contributed by atoms with E-state index in [-0.39, 0.29) is 21.8 Å². The number of hydrogen-bond acceptors (Lipinski definition) is 7. The normalized spacial score (nSPS) is 15.1. The van der Waals surface area contributed by atoms with Gasteiger partial charge in [0.1, 0.15) is 12.4 Å². The number of carboxylic acids is 1. The molecule has 8 N–H and O–H groups in total. The first-order valence-corrected chi connectivity index (χ1v) is 15.5. The number of carbonyl (C=O) groups excluding carboxylic acids is 3. The maximum Gasteiger partial charge on any atom is 0.335 e. The second-order valence-electron chi connectivity index (χ2n) is 12.1. The SMILES string of the molecule is CC1(C)Cc2c(-c3ccc(C(N)=O)cc3)cccc2C(C(=O)Nc2ccc(C(=O)O)cc2)N1C(=O)/C=C/c1c(N(N)/C=N\N)ccc(Cl)c1F. The van der Waals surface area contributed by atoms with Crippen molar-refractivity contribution in [3.05, 3.63) is 124 Å². The van der Waals surface area contributed by atoms with E-state index >= 15 is 4.39 Å². The molecule has 0 radical (unpaired) electrons. The predicted octanol–water partition coefficient (Wildman–Crippen LogP) is 5.08. The van der Waals surface area contributed by atoms with Gasteiger partial charge in [-0.25, -0.2) is 15.0 Å². The molecule has 14 heteroatoms. The zero-order valence-electron chi connectivity index (χ0n) is 26.9. The van der Waals surface area contributed by atoms with Crippen molar-refractivity contribution in [3.63, 3.8) is 0 Å². The minimum atomic E-state index is -1.20. The van der Waals surface area contributed by atoms with E-state index in [9.17, 15) is 24.3 Å². The number of hydrogen-bond donors (Lipinski definition) is 5. The number of amides is 3. The minimum absolute atomic E-state index is 0.0301. The van der Waals surface area contributed by atoms with E-state index in [1.54, 1.807) is 50.2 Å². The summed E-state index contributed by atoms with van der Waals surface area (Å²) in [6.07, 6.45) is 3.71. The molecule has 50 heavy (non-hydrogen) atoms. The standard InChI is InChI=1S/C36H33ClFN7O5/c1-36(2)18-27-24(20-6-8-21(9-7-20)33(39)47)4-3-5-25(27)32(34(48)43-23-12-10-22(11-13-23)35(49)50)45(36)30(46)17-14-26-29(44(41)19-42-40)16-15-28(37)31(26)38/h3-17,19,32H,18,40-41H2,1-2H3,(H2,39,47)(H,43,48)(H,49,50)/b17-14+,42-19-. The van der Waals surface area contributed by atoms with Crippen LogP contribution in [0.4, 0.5) is 15.8 Å². The molecule has 1 unspecified atom stereocenters. The molecule has 1 aliphatic rings. The zero-order chi connectivity index (χ0) is 36.3. The molecule has 0 saturated carbocycles. The zero-order valence-corrected chi connectivity index (χ0v) is 27.7. The number of carboxylic acid groups (broad SMARTS) is 1. The van der Waals surface area contributed by atoms with Crippen molar-refractivity contribution in [1.82, 2.24) is 4.90 Å². The number of anilines is 2. The van der Waals surface area contributed by atoms with Crippen LogP contribution in [0.2, 0.25) is 5.02 Å². The van der Waals surface area contributed by atoms with Crippen molar-refractivity contribution < 1.29 is 28.7 Å². The number of hydrazone groups is 1. The highest BCUT2D eigenvalue weighted by atomic mass is 35.5. The Morgan fingerprint density at radius 1 is 1.02 bits per heavy atom. The Balaban J connectivity index is 1.62. The number of halogens is 2. The summed E-state index contributed by atoms with van der Waals surface area (Å²) >= 11 is 6.06. The van der Waals surface area contributed by atoms with Gasteiger partial charge in [-0.2, -0.15) is 5.10 Å². The monoisotopic (exact) mass is 697 g/mol. The van der Waals surface area contributed by atoms with Gasteiger partial charge in [0.25, 0.3) is 5.91 Å². The van der Waals surface area contributed by atoms with E-state index in [0.717, 1.165) is 34.1 Å². The molecule has 0 saturated heterocycles. The summed E-state index contributed by atoms with van der Waals surface area (Å²) in [6.45, 7) is 3.61. The number of nitrogens with one attached hydrogen (secondary N) is 1. The van der Waals surface area contributed by atoms with Crippen molar-refractivity contribution in [2.75, 3.05) is 10.3 Å². The fraction of sp³-hybridized carbons (Fsp3) is 0.139. The van der Waals surface area contributed by atoms with Crippen molar-refractivity contribution >= 4 is 59.1 Å². The smallest absolute Gasteiger partial charge is 0.335 e. The molecular formula is C36H33ClFN7O5. The van der Waals surface area contributed by atoms with Crippen LogP contribution in [0.15, 0.2) is 90.0 Å². The van der Waals surface area contributed by atoms with Gasteiger partial charge in [-0.05, 0) is 97.1 Å². The number of fused-ring (bicyclic) bond motifs is 1. The summed E-state index contributed by atoms with van der Waals surface area (Å²) in [4.78, 5) is 53.0. The molecule has 0 aromatic heterocycles. The van der Waals surface area contributed by atoms with E-state index in [0.29, 0.717) is 23.2 Å². The summed E-state index contributed by atoms with van der Waals surface area (Å²) in [5.74, 6) is 7.46. The fourth-order valence-corrected chi connectivity index (χ4v) is 6.21. The van der Waals surface area contributed by atoms with E-state index in [2.05, 4.69) is 10.4 Å².